The van der Waals surface area contributed by atoms with Crippen LogP contribution in [-0.2, 0) is 18.3 Å². The Morgan fingerprint density at radius 1 is 1.11 bits per heavy atom. The first-order valence-electron chi connectivity index (χ1n) is 10.6. The summed E-state index contributed by atoms with van der Waals surface area (Å²) in [5, 5.41) is 9.07. The maximum Gasteiger partial charge on any atom is 0.335 e. The molecule has 0 aromatic heterocycles. The maximum atomic E-state index is 11.0. The molecule has 1 N–H and O–H groups in total. The fraction of sp³-hybridized carbons (Fsp3) is 0.423. The summed E-state index contributed by atoms with van der Waals surface area (Å²) in [6.07, 6.45) is 12.9. The molecule has 2 nitrogen and oxygen atoms in total. The number of carboxylic acids is 1. The molecule has 0 spiro atoms. The van der Waals surface area contributed by atoms with Crippen LogP contribution in [0.5, 0.6) is 0 Å². The zero-order chi connectivity index (χ0) is 20.1. The fourth-order valence-electron chi connectivity index (χ4n) is 4.23. The third-order valence-electron chi connectivity index (χ3n) is 6.00. The van der Waals surface area contributed by atoms with Crippen molar-refractivity contribution in [2.24, 2.45) is 0 Å². The molecule has 0 heterocycles. The van der Waals surface area contributed by atoms with Crippen molar-refractivity contribution in [3.05, 3.63) is 69.8 Å². The molecule has 0 saturated heterocycles. The van der Waals surface area contributed by atoms with Crippen molar-refractivity contribution < 1.29 is 9.90 Å². The van der Waals surface area contributed by atoms with Crippen molar-refractivity contribution in [3.8, 4) is 0 Å². The van der Waals surface area contributed by atoms with Gasteiger partial charge in [-0.3, -0.25) is 0 Å². The summed E-state index contributed by atoms with van der Waals surface area (Å²) < 4.78 is 0. The van der Waals surface area contributed by atoms with E-state index in [0.717, 1.165) is 12.0 Å². The lowest BCUT2D eigenvalue weighted by Gasteiger charge is -2.27. The van der Waals surface area contributed by atoms with Crippen LogP contribution in [0.4, 0.5) is 0 Å². The van der Waals surface area contributed by atoms with Crippen LogP contribution in [0.25, 0.3) is 12.2 Å². The van der Waals surface area contributed by atoms with Crippen LogP contribution in [0, 0.1) is 0 Å². The van der Waals surface area contributed by atoms with Gasteiger partial charge < -0.3 is 5.11 Å². The molecule has 3 rings (SSSR count). The largest absolute Gasteiger partial charge is 0.478 e. The van der Waals surface area contributed by atoms with E-state index in [1.807, 2.05) is 12.1 Å². The molecular formula is C26H32O2. The number of unbranched alkanes of at least 4 members (excludes halogenated alkanes) is 1. The SMILES string of the molecule is CCCCc1cc2c(cc1C=Cc1ccc(C(=O)O)cc1)C(C)(C)CCCC2. The average molecular weight is 377 g/mol. The highest BCUT2D eigenvalue weighted by Crippen LogP contribution is 2.37. The number of carbonyl (C=O) groups is 1. The summed E-state index contributed by atoms with van der Waals surface area (Å²) in [5.74, 6) is -0.884. The van der Waals surface area contributed by atoms with E-state index < -0.39 is 5.97 Å². The lowest BCUT2D eigenvalue weighted by Crippen LogP contribution is -2.18. The van der Waals surface area contributed by atoms with Gasteiger partial charge in [0.15, 0.2) is 0 Å². The minimum atomic E-state index is -0.884. The summed E-state index contributed by atoms with van der Waals surface area (Å²) in [4.78, 5) is 11.0. The molecule has 2 aromatic rings. The number of benzene rings is 2. The van der Waals surface area contributed by atoms with E-state index in [2.05, 4.69) is 45.1 Å². The first kappa shape index (κ1) is 20.4. The summed E-state index contributed by atoms with van der Waals surface area (Å²) >= 11 is 0. The normalized spacial score (nSPS) is 16.0. The molecule has 148 valence electrons. The summed E-state index contributed by atoms with van der Waals surface area (Å²) in [5.41, 5.74) is 7.37. The van der Waals surface area contributed by atoms with Gasteiger partial charge in [0, 0.05) is 0 Å². The second-order valence-electron chi connectivity index (χ2n) is 8.66. The Balaban J connectivity index is 1.97. The highest BCUT2D eigenvalue weighted by molar-refractivity contribution is 5.88. The summed E-state index contributed by atoms with van der Waals surface area (Å²) in [6.45, 7) is 6.99. The zero-order valence-corrected chi connectivity index (χ0v) is 17.4. The lowest BCUT2D eigenvalue weighted by molar-refractivity contribution is 0.0697. The Morgan fingerprint density at radius 2 is 1.86 bits per heavy atom. The summed E-state index contributed by atoms with van der Waals surface area (Å²) in [7, 11) is 0. The maximum absolute atomic E-state index is 11.0. The van der Waals surface area contributed by atoms with Gasteiger partial charge in [0.2, 0.25) is 0 Å². The van der Waals surface area contributed by atoms with Crippen LogP contribution in [-0.4, -0.2) is 11.1 Å². The van der Waals surface area contributed by atoms with Crippen molar-refractivity contribution in [3.63, 3.8) is 0 Å². The predicted molar refractivity (Wildman–Crippen MR) is 118 cm³/mol. The Hall–Kier alpha value is -2.35. The number of rotatable bonds is 6. The minimum Gasteiger partial charge on any atom is -0.478 e. The first-order chi connectivity index (χ1) is 13.4. The molecule has 2 aromatic carbocycles. The van der Waals surface area contributed by atoms with Crippen LogP contribution in [0.1, 0.15) is 91.1 Å². The highest BCUT2D eigenvalue weighted by atomic mass is 16.4. The molecule has 0 unspecified atom stereocenters. The molecule has 1 aliphatic carbocycles. The molecule has 1 aliphatic rings. The van der Waals surface area contributed by atoms with Crippen molar-refractivity contribution >= 4 is 18.1 Å². The number of carboxylic acid groups (broad SMARTS) is 1. The topological polar surface area (TPSA) is 37.3 Å². The smallest absolute Gasteiger partial charge is 0.335 e. The van der Waals surface area contributed by atoms with Gasteiger partial charge in [-0.2, -0.15) is 0 Å². The molecule has 0 fully saturated rings. The Kier molecular flexibility index (Phi) is 6.39. The highest BCUT2D eigenvalue weighted by Gasteiger charge is 2.26. The van der Waals surface area contributed by atoms with Crippen LogP contribution in [0.2, 0.25) is 0 Å². The number of fused-ring (bicyclic) bond motifs is 1. The Bertz CT molecular complexity index is 857. The van der Waals surface area contributed by atoms with E-state index in [1.54, 1.807) is 12.1 Å². The fourth-order valence-corrected chi connectivity index (χ4v) is 4.23. The third kappa shape index (κ3) is 4.73. The molecule has 0 saturated carbocycles. The summed E-state index contributed by atoms with van der Waals surface area (Å²) in [6, 6.07) is 12.0. The van der Waals surface area contributed by atoms with E-state index in [4.69, 9.17) is 5.11 Å². The van der Waals surface area contributed by atoms with Crippen LogP contribution < -0.4 is 0 Å². The lowest BCUT2D eigenvalue weighted by atomic mass is 9.78. The van der Waals surface area contributed by atoms with E-state index in [-0.39, 0.29) is 5.41 Å². The number of hydrogen-bond donors (Lipinski definition) is 1. The molecule has 0 aliphatic heterocycles. The van der Waals surface area contributed by atoms with Gasteiger partial charge in [0.25, 0.3) is 0 Å². The molecular weight excluding hydrogens is 344 g/mol. The van der Waals surface area contributed by atoms with Gasteiger partial charge in [-0.05, 0) is 77.5 Å². The minimum absolute atomic E-state index is 0.223. The van der Waals surface area contributed by atoms with Gasteiger partial charge in [-0.25, -0.2) is 4.79 Å². The second-order valence-corrected chi connectivity index (χ2v) is 8.66. The Morgan fingerprint density at radius 3 is 2.54 bits per heavy atom. The second kappa shape index (κ2) is 8.77. The van der Waals surface area contributed by atoms with Gasteiger partial charge in [-0.1, -0.05) is 70.0 Å². The van der Waals surface area contributed by atoms with Gasteiger partial charge in [0.1, 0.15) is 0 Å². The third-order valence-corrected chi connectivity index (χ3v) is 6.00. The van der Waals surface area contributed by atoms with Gasteiger partial charge in [0.05, 0.1) is 5.56 Å². The molecule has 28 heavy (non-hydrogen) atoms. The van der Waals surface area contributed by atoms with Crippen LogP contribution >= 0.6 is 0 Å². The van der Waals surface area contributed by atoms with E-state index in [0.29, 0.717) is 5.56 Å². The van der Waals surface area contributed by atoms with Crippen molar-refractivity contribution in [1.82, 2.24) is 0 Å². The van der Waals surface area contributed by atoms with Crippen molar-refractivity contribution in [2.75, 3.05) is 0 Å². The first-order valence-corrected chi connectivity index (χ1v) is 10.6. The number of hydrogen-bond acceptors (Lipinski definition) is 1. The quantitative estimate of drug-likeness (QED) is 0.440. The van der Waals surface area contributed by atoms with E-state index in [1.165, 1.54) is 60.8 Å². The van der Waals surface area contributed by atoms with Crippen molar-refractivity contribution in [2.45, 2.75) is 71.1 Å². The molecule has 2 heteroatoms. The molecule has 0 radical (unpaired) electrons. The molecule has 0 atom stereocenters. The van der Waals surface area contributed by atoms with Crippen molar-refractivity contribution in [1.29, 1.82) is 0 Å². The zero-order valence-electron chi connectivity index (χ0n) is 17.4. The predicted octanol–water partition coefficient (Wildman–Crippen LogP) is 6.90. The van der Waals surface area contributed by atoms with E-state index >= 15 is 0 Å². The average Bonchev–Trinajstić information content (AvgIpc) is 2.82. The van der Waals surface area contributed by atoms with Crippen LogP contribution in [0.3, 0.4) is 0 Å². The van der Waals surface area contributed by atoms with Crippen LogP contribution in [0.15, 0.2) is 36.4 Å². The molecule has 0 bridgehead atoms. The number of aryl methyl sites for hydroxylation is 2. The standard InChI is InChI=1S/C26H32O2/c1-4-5-8-21-17-23-9-6-7-16-26(2,3)24(23)18-22(21)15-12-19-10-13-20(14-11-19)25(27)28/h10-15,17-18H,4-9,16H2,1-3H3,(H,27,28). The van der Waals surface area contributed by atoms with Gasteiger partial charge >= 0.3 is 5.97 Å². The van der Waals surface area contributed by atoms with E-state index in [9.17, 15) is 4.79 Å². The number of aromatic carboxylic acids is 1. The monoisotopic (exact) mass is 376 g/mol. The molecule has 0 amide bonds. The Labute approximate surface area is 169 Å². The van der Waals surface area contributed by atoms with Gasteiger partial charge in [-0.15, -0.1) is 0 Å².